The van der Waals surface area contributed by atoms with Gasteiger partial charge in [0.25, 0.3) is 5.91 Å². The van der Waals surface area contributed by atoms with Crippen LogP contribution in [0.5, 0.6) is 0 Å². The van der Waals surface area contributed by atoms with Crippen LogP contribution in [0.2, 0.25) is 5.02 Å². The van der Waals surface area contributed by atoms with E-state index in [1.54, 1.807) is 30.6 Å². The molecule has 5 rings (SSSR count). The number of nitrogens with zero attached hydrogens (tertiary/aromatic N) is 3. The summed E-state index contributed by atoms with van der Waals surface area (Å²) in [6.07, 6.45) is 5.17. The Labute approximate surface area is 278 Å². The number of rotatable bonds is 12. The minimum Gasteiger partial charge on any atom is -0.480 e. The van der Waals surface area contributed by atoms with E-state index in [0.717, 1.165) is 35.1 Å². The molecule has 0 bridgehead atoms. The van der Waals surface area contributed by atoms with E-state index in [1.807, 2.05) is 54.3 Å². The van der Waals surface area contributed by atoms with Crippen molar-refractivity contribution >= 4 is 34.9 Å². The van der Waals surface area contributed by atoms with E-state index >= 15 is 0 Å². The number of hydrogen-bond acceptors (Lipinski definition) is 8. The number of nitrogens with one attached hydrogen (secondary N) is 1. The third-order valence-corrected chi connectivity index (χ3v) is 8.86. The number of aromatic nitrogens is 2. The maximum atomic E-state index is 13.2. The second kappa shape index (κ2) is 15.4. The van der Waals surface area contributed by atoms with Crippen molar-refractivity contribution in [2.75, 3.05) is 26.1 Å². The van der Waals surface area contributed by atoms with Crippen LogP contribution >= 0.6 is 11.6 Å². The first kappa shape index (κ1) is 33.9. The number of carbonyl (C=O) groups is 3. The number of carboxylic acid groups (broad SMARTS) is 1. The Morgan fingerprint density at radius 2 is 1.68 bits per heavy atom. The minimum atomic E-state index is -0.810. The molecule has 1 aliphatic rings. The molecular formula is C36H37ClN4O6. The highest BCUT2D eigenvalue weighted by Crippen LogP contribution is 2.36. The summed E-state index contributed by atoms with van der Waals surface area (Å²) in [6.45, 7) is 3.07. The number of methoxy groups -OCH3 is 2. The fourth-order valence-corrected chi connectivity index (χ4v) is 6.16. The molecule has 2 N–H and O–H groups in total. The second-order valence-electron chi connectivity index (χ2n) is 11.5. The van der Waals surface area contributed by atoms with Gasteiger partial charge in [-0.2, -0.15) is 0 Å². The Morgan fingerprint density at radius 3 is 2.36 bits per heavy atom. The van der Waals surface area contributed by atoms with Crippen molar-refractivity contribution in [1.82, 2.24) is 14.9 Å². The Balaban J connectivity index is 1.28. The third-order valence-electron chi connectivity index (χ3n) is 8.42. The fraction of sp³-hybridized carbons (Fsp3) is 0.306. The van der Waals surface area contributed by atoms with E-state index in [1.165, 1.54) is 14.2 Å². The summed E-state index contributed by atoms with van der Waals surface area (Å²) in [5.41, 5.74) is 5.70. The summed E-state index contributed by atoms with van der Waals surface area (Å²) in [5, 5.41) is 13.0. The number of pyridine rings is 2. The van der Waals surface area contributed by atoms with Crippen LogP contribution in [0.15, 0.2) is 73.1 Å². The Kier molecular flexibility index (Phi) is 11.1. The number of piperidine rings is 1. The molecule has 1 saturated heterocycles. The summed E-state index contributed by atoms with van der Waals surface area (Å²) in [5.74, 6) is -1.36. The van der Waals surface area contributed by atoms with Crippen LogP contribution in [-0.4, -0.2) is 64.4 Å². The minimum absolute atomic E-state index is 0.0584. The molecule has 0 radical (unpaired) electrons. The number of carbonyl (C=O) groups excluding carboxylic acids is 2. The van der Waals surface area contributed by atoms with Gasteiger partial charge in [0.15, 0.2) is 12.1 Å². The lowest BCUT2D eigenvalue weighted by molar-refractivity contribution is -0.144. The van der Waals surface area contributed by atoms with Crippen LogP contribution in [0.25, 0.3) is 11.1 Å². The first-order chi connectivity index (χ1) is 22.7. The lowest BCUT2D eigenvalue weighted by atomic mass is 9.95. The summed E-state index contributed by atoms with van der Waals surface area (Å²) in [7, 11) is 3.06. The van der Waals surface area contributed by atoms with Gasteiger partial charge in [-0.05, 0) is 66.8 Å². The van der Waals surface area contributed by atoms with Crippen LogP contribution in [0.4, 0.5) is 5.69 Å². The van der Waals surface area contributed by atoms with Crippen molar-refractivity contribution in [3.8, 4) is 11.1 Å². The number of anilines is 1. The Morgan fingerprint density at radius 1 is 0.957 bits per heavy atom. The molecular weight excluding hydrogens is 620 g/mol. The van der Waals surface area contributed by atoms with E-state index < -0.39 is 18.3 Å². The van der Waals surface area contributed by atoms with Crippen molar-refractivity contribution in [3.05, 3.63) is 112 Å². The maximum absolute atomic E-state index is 13.2. The molecule has 0 aliphatic carbocycles. The van der Waals surface area contributed by atoms with E-state index in [2.05, 4.69) is 15.3 Å². The molecule has 11 heteroatoms. The van der Waals surface area contributed by atoms with Gasteiger partial charge in [0.05, 0.1) is 5.02 Å². The number of likely N-dealkylation sites (tertiary alicyclic amines) is 1. The van der Waals surface area contributed by atoms with Gasteiger partial charge in [-0.25, -0.2) is 0 Å². The molecule has 4 aromatic rings. The first-order valence-electron chi connectivity index (χ1n) is 15.4. The van der Waals surface area contributed by atoms with Crippen LogP contribution in [0.3, 0.4) is 0 Å². The molecule has 10 nitrogen and oxygen atoms in total. The first-order valence-corrected chi connectivity index (χ1v) is 15.7. The molecule has 0 saturated carbocycles. The van der Waals surface area contributed by atoms with Gasteiger partial charge >= 0.3 is 5.97 Å². The number of Topliss-reactive ketones (excluding diaryl/α,β-unsaturated/α-hetero) is 1. The largest absolute Gasteiger partial charge is 0.480 e. The monoisotopic (exact) mass is 656 g/mol. The lowest BCUT2D eigenvalue weighted by Gasteiger charge is -2.32. The van der Waals surface area contributed by atoms with E-state index in [9.17, 15) is 19.5 Å². The van der Waals surface area contributed by atoms with Gasteiger partial charge in [0, 0.05) is 56.4 Å². The normalized spacial score (nSPS) is 15.0. The lowest BCUT2D eigenvalue weighted by Crippen LogP contribution is -2.44. The van der Waals surface area contributed by atoms with Gasteiger partial charge < -0.3 is 19.9 Å². The molecule has 1 aliphatic heterocycles. The van der Waals surface area contributed by atoms with Gasteiger partial charge in [0.1, 0.15) is 17.4 Å². The van der Waals surface area contributed by atoms with Crippen LogP contribution in [0, 0.1) is 6.92 Å². The number of hydrogen-bond donors (Lipinski definition) is 2. The Hall–Kier alpha value is -4.48. The SMILES string of the molecule is COC(OC)c1ccc(C(=O)Cc2cccc(-c3cccc(NC(=O)c4ccc(CN5CCCC[C@H]5C(=O)O)cn4)c3C)c2Cl)nc1. The number of amides is 1. The smallest absolute Gasteiger partial charge is 0.320 e. The number of ketones is 1. The molecule has 2 aromatic heterocycles. The standard InChI is InChI=1S/C36H37ClN4O6/c1-22-26(27-10-6-8-24(33(27)37)18-32(42)29-16-14-25(20-39-29)36(46-2)47-3)9-7-11-28(22)40-34(43)30-15-13-23(19-38-30)21-41-17-5-4-12-31(41)35(44)45/h6-11,13-16,19-20,31,36H,4-5,12,17-18,21H2,1-3H3,(H,40,43)(H,44,45)/t31-/m0/s1. The zero-order chi connectivity index (χ0) is 33.5. The molecule has 1 atom stereocenters. The summed E-state index contributed by atoms with van der Waals surface area (Å²) >= 11 is 6.88. The zero-order valence-corrected chi connectivity index (χ0v) is 27.3. The number of aliphatic carboxylic acids is 1. The number of carboxylic acids is 1. The molecule has 0 unspecified atom stereocenters. The predicted molar refractivity (Wildman–Crippen MR) is 179 cm³/mol. The molecule has 3 heterocycles. The molecule has 1 fully saturated rings. The fourth-order valence-electron chi connectivity index (χ4n) is 5.86. The van der Waals surface area contributed by atoms with Gasteiger partial charge in [0.2, 0.25) is 0 Å². The van der Waals surface area contributed by atoms with Gasteiger partial charge in [-0.15, -0.1) is 0 Å². The number of benzene rings is 2. The van der Waals surface area contributed by atoms with Crippen LogP contribution in [-0.2, 0) is 27.2 Å². The molecule has 1 amide bonds. The summed E-state index contributed by atoms with van der Waals surface area (Å²) in [6, 6.07) is 17.4. The number of ether oxygens (including phenoxy) is 2. The molecule has 47 heavy (non-hydrogen) atoms. The van der Waals surface area contributed by atoms with Crippen molar-refractivity contribution in [2.45, 2.75) is 51.5 Å². The second-order valence-corrected chi connectivity index (χ2v) is 11.8. The van der Waals surface area contributed by atoms with Crippen molar-refractivity contribution in [3.63, 3.8) is 0 Å². The van der Waals surface area contributed by atoms with Gasteiger partial charge in [-0.1, -0.05) is 60.5 Å². The van der Waals surface area contributed by atoms with E-state index in [-0.39, 0.29) is 23.8 Å². The molecule has 2 aromatic carbocycles. The van der Waals surface area contributed by atoms with Crippen LogP contribution in [0.1, 0.15) is 68.8 Å². The molecule has 0 spiro atoms. The highest BCUT2D eigenvalue weighted by molar-refractivity contribution is 6.34. The number of halogens is 1. The van der Waals surface area contributed by atoms with Gasteiger partial charge in [-0.3, -0.25) is 29.3 Å². The summed E-state index contributed by atoms with van der Waals surface area (Å²) < 4.78 is 10.5. The average molecular weight is 657 g/mol. The van der Waals surface area contributed by atoms with Crippen molar-refractivity contribution in [1.29, 1.82) is 0 Å². The maximum Gasteiger partial charge on any atom is 0.320 e. The topological polar surface area (TPSA) is 131 Å². The quantitative estimate of drug-likeness (QED) is 0.129. The predicted octanol–water partition coefficient (Wildman–Crippen LogP) is 6.51. The third kappa shape index (κ3) is 7.91. The Bertz CT molecular complexity index is 1740. The van der Waals surface area contributed by atoms with E-state index in [0.29, 0.717) is 47.0 Å². The highest BCUT2D eigenvalue weighted by Gasteiger charge is 2.28. The molecule has 244 valence electrons. The zero-order valence-electron chi connectivity index (χ0n) is 26.5. The highest BCUT2D eigenvalue weighted by atomic mass is 35.5. The average Bonchev–Trinajstić information content (AvgIpc) is 3.08. The van der Waals surface area contributed by atoms with Crippen molar-refractivity contribution < 1.29 is 29.0 Å². The van der Waals surface area contributed by atoms with E-state index in [4.69, 9.17) is 21.1 Å². The van der Waals surface area contributed by atoms with Crippen LogP contribution < -0.4 is 5.32 Å². The summed E-state index contributed by atoms with van der Waals surface area (Å²) in [4.78, 5) is 48.5. The van der Waals surface area contributed by atoms with Crippen molar-refractivity contribution in [2.24, 2.45) is 0 Å².